The van der Waals surface area contributed by atoms with Crippen molar-refractivity contribution in [1.29, 1.82) is 0 Å². The average molecular weight is 336 g/mol. The Labute approximate surface area is 145 Å². The summed E-state index contributed by atoms with van der Waals surface area (Å²) in [7, 11) is 0. The average Bonchev–Trinajstić information content (AvgIpc) is 2.63. The molecule has 6 heteroatoms. The molecule has 0 atom stereocenters. The fraction of sp³-hybridized carbons (Fsp3) is 0.105. The maximum Gasteiger partial charge on any atom is 0.270 e. The van der Waals surface area contributed by atoms with Crippen molar-refractivity contribution in [3.8, 4) is 0 Å². The van der Waals surface area contributed by atoms with Crippen LogP contribution < -0.4 is 10.6 Å². The molecule has 0 bridgehead atoms. The normalized spacial score (nSPS) is 10.3. The van der Waals surface area contributed by atoms with Crippen LogP contribution in [0, 0.1) is 12.7 Å². The third-order valence-corrected chi connectivity index (χ3v) is 3.72. The van der Waals surface area contributed by atoms with Crippen LogP contribution in [-0.4, -0.2) is 15.9 Å². The van der Waals surface area contributed by atoms with Crippen molar-refractivity contribution in [2.24, 2.45) is 0 Å². The molecular weight excluding hydrogens is 319 g/mol. The summed E-state index contributed by atoms with van der Waals surface area (Å²) in [4.78, 5) is 20.4. The van der Waals surface area contributed by atoms with Crippen LogP contribution in [0.5, 0.6) is 0 Å². The summed E-state index contributed by atoms with van der Waals surface area (Å²) in [6.45, 7) is 2.42. The molecule has 0 aliphatic heterocycles. The molecule has 126 valence electrons. The molecule has 0 fully saturated rings. The molecule has 2 N–H and O–H groups in total. The smallest absolute Gasteiger partial charge is 0.270 e. The molecule has 5 nitrogen and oxygen atoms in total. The van der Waals surface area contributed by atoms with Gasteiger partial charge in [0.1, 0.15) is 23.7 Å². The van der Waals surface area contributed by atoms with E-state index >= 15 is 0 Å². The highest BCUT2D eigenvalue weighted by Crippen LogP contribution is 2.15. The maximum atomic E-state index is 12.9. The van der Waals surface area contributed by atoms with Crippen LogP contribution in [0.2, 0.25) is 0 Å². The molecule has 3 rings (SSSR count). The van der Waals surface area contributed by atoms with Gasteiger partial charge >= 0.3 is 0 Å². The number of nitrogens with zero attached hydrogens (tertiary/aromatic N) is 2. The molecule has 1 amide bonds. The Kier molecular flexibility index (Phi) is 4.99. The van der Waals surface area contributed by atoms with Crippen LogP contribution in [0.4, 0.5) is 15.9 Å². The van der Waals surface area contributed by atoms with Gasteiger partial charge in [-0.2, -0.15) is 0 Å². The molecule has 0 unspecified atom stereocenters. The first-order chi connectivity index (χ1) is 12.1. The number of aryl methyl sites for hydroxylation is 1. The Morgan fingerprint density at radius 3 is 2.60 bits per heavy atom. The molecule has 0 saturated heterocycles. The largest absolute Gasteiger partial charge is 0.347 e. The molecule has 0 radical (unpaired) electrons. The Bertz CT molecular complexity index is 881. The molecule has 1 aromatic heterocycles. The van der Waals surface area contributed by atoms with Crippen molar-refractivity contribution in [3.05, 3.63) is 83.6 Å². The lowest BCUT2D eigenvalue weighted by atomic mass is 10.1. The minimum Gasteiger partial charge on any atom is -0.347 e. The van der Waals surface area contributed by atoms with Crippen molar-refractivity contribution in [2.45, 2.75) is 13.5 Å². The predicted molar refractivity (Wildman–Crippen MR) is 94.1 cm³/mol. The van der Waals surface area contributed by atoms with Crippen molar-refractivity contribution in [3.63, 3.8) is 0 Å². The minimum absolute atomic E-state index is 0.258. The summed E-state index contributed by atoms with van der Waals surface area (Å²) in [5.74, 6) is -0.139. The summed E-state index contributed by atoms with van der Waals surface area (Å²) in [6, 6.07) is 15.3. The van der Waals surface area contributed by atoms with Crippen molar-refractivity contribution in [2.75, 3.05) is 5.32 Å². The summed E-state index contributed by atoms with van der Waals surface area (Å²) < 4.78 is 12.9. The summed E-state index contributed by atoms with van der Waals surface area (Å²) >= 11 is 0. The molecule has 25 heavy (non-hydrogen) atoms. The van der Waals surface area contributed by atoms with Crippen LogP contribution in [0.15, 0.2) is 60.9 Å². The lowest BCUT2D eigenvalue weighted by Gasteiger charge is -2.09. The van der Waals surface area contributed by atoms with Gasteiger partial charge < -0.3 is 10.6 Å². The van der Waals surface area contributed by atoms with Gasteiger partial charge in [0.05, 0.1) is 0 Å². The molecule has 0 aliphatic rings. The van der Waals surface area contributed by atoms with Gasteiger partial charge in [-0.1, -0.05) is 24.3 Å². The second-order valence-corrected chi connectivity index (χ2v) is 5.53. The van der Waals surface area contributed by atoms with E-state index in [0.29, 0.717) is 18.1 Å². The summed E-state index contributed by atoms with van der Waals surface area (Å²) in [5, 5.41) is 5.86. The Morgan fingerprint density at radius 1 is 1.08 bits per heavy atom. The fourth-order valence-electron chi connectivity index (χ4n) is 2.31. The van der Waals surface area contributed by atoms with E-state index in [-0.39, 0.29) is 17.4 Å². The van der Waals surface area contributed by atoms with Crippen molar-refractivity contribution in [1.82, 2.24) is 15.3 Å². The lowest BCUT2D eigenvalue weighted by Crippen LogP contribution is -2.24. The third kappa shape index (κ3) is 4.38. The number of anilines is 2. The second kappa shape index (κ2) is 7.53. The molecule has 0 aliphatic carbocycles. The van der Waals surface area contributed by atoms with E-state index in [1.807, 2.05) is 31.2 Å². The quantitative estimate of drug-likeness (QED) is 0.747. The van der Waals surface area contributed by atoms with E-state index in [4.69, 9.17) is 0 Å². The number of hydrogen-bond acceptors (Lipinski definition) is 4. The Morgan fingerprint density at radius 2 is 1.84 bits per heavy atom. The first-order valence-electron chi connectivity index (χ1n) is 7.79. The first kappa shape index (κ1) is 16.6. The minimum atomic E-state index is -0.315. The SMILES string of the molecule is Cc1ccccc1CNC(=O)c1cc(Nc2ccc(F)cc2)ncn1. The van der Waals surface area contributed by atoms with Gasteiger partial charge in [-0.15, -0.1) is 0 Å². The van der Waals surface area contributed by atoms with E-state index in [1.54, 1.807) is 18.2 Å². The number of aromatic nitrogens is 2. The Balaban J connectivity index is 1.67. The number of benzene rings is 2. The van der Waals surface area contributed by atoms with Gasteiger partial charge in [0.25, 0.3) is 5.91 Å². The van der Waals surface area contributed by atoms with Crippen LogP contribution in [0.1, 0.15) is 21.6 Å². The topological polar surface area (TPSA) is 66.9 Å². The van der Waals surface area contributed by atoms with Gasteiger partial charge in [0, 0.05) is 18.3 Å². The van der Waals surface area contributed by atoms with Crippen LogP contribution in [-0.2, 0) is 6.54 Å². The number of hydrogen-bond donors (Lipinski definition) is 2. The number of amides is 1. The summed E-state index contributed by atoms with van der Waals surface area (Å²) in [5.41, 5.74) is 3.10. The predicted octanol–water partition coefficient (Wildman–Crippen LogP) is 3.60. The van der Waals surface area contributed by atoms with Crippen LogP contribution in [0.25, 0.3) is 0 Å². The van der Waals surface area contributed by atoms with E-state index < -0.39 is 0 Å². The zero-order chi connectivity index (χ0) is 17.6. The Hall–Kier alpha value is -3.28. The van der Waals surface area contributed by atoms with E-state index in [2.05, 4.69) is 20.6 Å². The highest BCUT2D eigenvalue weighted by atomic mass is 19.1. The summed E-state index contributed by atoms with van der Waals surface area (Å²) in [6.07, 6.45) is 1.31. The van der Waals surface area contributed by atoms with Gasteiger partial charge in [0.2, 0.25) is 0 Å². The number of rotatable bonds is 5. The molecule has 0 saturated carbocycles. The number of nitrogens with one attached hydrogen (secondary N) is 2. The standard InChI is InChI=1S/C19H17FN4O/c1-13-4-2-3-5-14(13)11-21-19(25)17-10-18(23-12-22-17)24-16-8-6-15(20)7-9-16/h2-10,12H,11H2,1H3,(H,21,25)(H,22,23,24). The fourth-order valence-corrected chi connectivity index (χ4v) is 2.31. The highest BCUT2D eigenvalue weighted by Gasteiger charge is 2.09. The van der Waals surface area contributed by atoms with Crippen molar-refractivity contribution < 1.29 is 9.18 Å². The zero-order valence-corrected chi connectivity index (χ0v) is 13.7. The number of carbonyl (C=O) groups is 1. The van der Waals surface area contributed by atoms with Crippen LogP contribution in [0.3, 0.4) is 0 Å². The molecule has 3 aromatic rings. The second-order valence-electron chi connectivity index (χ2n) is 5.53. The molecule has 2 aromatic carbocycles. The first-order valence-corrected chi connectivity index (χ1v) is 7.79. The highest BCUT2D eigenvalue weighted by molar-refractivity contribution is 5.92. The van der Waals surface area contributed by atoms with E-state index in [0.717, 1.165) is 11.1 Å². The van der Waals surface area contributed by atoms with Crippen LogP contribution >= 0.6 is 0 Å². The van der Waals surface area contributed by atoms with E-state index in [9.17, 15) is 9.18 Å². The number of carbonyl (C=O) groups excluding carboxylic acids is 1. The number of halogens is 1. The van der Waals surface area contributed by atoms with E-state index in [1.165, 1.54) is 18.5 Å². The zero-order valence-electron chi connectivity index (χ0n) is 13.7. The van der Waals surface area contributed by atoms with Gasteiger partial charge in [-0.25, -0.2) is 14.4 Å². The monoisotopic (exact) mass is 336 g/mol. The third-order valence-electron chi connectivity index (χ3n) is 3.72. The lowest BCUT2D eigenvalue weighted by molar-refractivity contribution is 0.0945. The molecule has 0 spiro atoms. The maximum absolute atomic E-state index is 12.9. The molecule has 1 heterocycles. The van der Waals surface area contributed by atoms with Gasteiger partial charge in [0.15, 0.2) is 0 Å². The van der Waals surface area contributed by atoms with Gasteiger partial charge in [-0.3, -0.25) is 4.79 Å². The van der Waals surface area contributed by atoms with Gasteiger partial charge in [-0.05, 0) is 42.3 Å². The molecular formula is C19H17FN4O. The van der Waals surface area contributed by atoms with Crippen molar-refractivity contribution >= 4 is 17.4 Å².